The maximum atomic E-state index is 5.51. The highest BCUT2D eigenvalue weighted by Gasteiger charge is 1.98. The Hall–Kier alpha value is -1.25. The van der Waals surface area contributed by atoms with E-state index in [4.69, 9.17) is 16.4 Å². The Morgan fingerprint density at radius 1 is 1.18 bits per heavy atom. The standard InChI is InChI=1S/C8H9NO2/c1-6-4-7(10-2)9-8(5-6)11-3/h1,4-5H,2-3H3. The second-order valence-electron chi connectivity index (χ2n) is 1.99. The summed E-state index contributed by atoms with van der Waals surface area (Å²) in [7, 11) is 3.06. The van der Waals surface area contributed by atoms with E-state index >= 15 is 0 Å². The van der Waals surface area contributed by atoms with E-state index in [9.17, 15) is 0 Å². The maximum Gasteiger partial charge on any atom is 0.216 e. The molecule has 1 aromatic heterocycles. The van der Waals surface area contributed by atoms with Crippen molar-refractivity contribution in [2.45, 2.75) is 0 Å². The SMILES string of the molecule is [CH]c1cc(OC)nc(OC)c1. The minimum Gasteiger partial charge on any atom is -0.481 e. The molecule has 0 bridgehead atoms. The van der Waals surface area contributed by atoms with Gasteiger partial charge in [-0.3, -0.25) is 0 Å². The molecule has 0 saturated heterocycles. The molecule has 0 aromatic carbocycles. The average Bonchev–Trinajstić information content (AvgIpc) is 2.03. The zero-order chi connectivity index (χ0) is 8.27. The van der Waals surface area contributed by atoms with Crippen LogP contribution >= 0.6 is 0 Å². The van der Waals surface area contributed by atoms with E-state index in [1.54, 1.807) is 12.1 Å². The molecule has 0 aliphatic heterocycles. The summed E-state index contributed by atoms with van der Waals surface area (Å²) in [6.07, 6.45) is 0. The Morgan fingerprint density at radius 3 is 2.00 bits per heavy atom. The maximum absolute atomic E-state index is 5.51. The van der Waals surface area contributed by atoms with Gasteiger partial charge in [0.15, 0.2) is 0 Å². The lowest BCUT2D eigenvalue weighted by atomic mass is 10.3. The average molecular weight is 151 g/mol. The van der Waals surface area contributed by atoms with Crippen molar-refractivity contribution in [1.29, 1.82) is 0 Å². The van der Waals surface area contributed by atoms with Crippen molar-refractivity contribution < 1.29 is 9.47 Å². The number of pyridine rings is 1. The van der Waals surface area contributed by atoms with Gasteiger partial charge >= 0.3 is 0 Å². The summed E-state index contributed by atoms with van der Waals surface area (Å²) in [5.74, 6) is 0.920. The number of aromatic nitrogens is 1. The largest absolute Gasteiger partial charge is 0.481 e. The van der Waals surface area contributed by atoms with Crippen LogP contribution in [0.3, 0.4) is 0 Å². The van der Waals surface area contributed by atoms with Crippen molar-refractivity contribution in [2.75, 3.05) is 14.2 Å². The van der Waals surface area contributed by atoms with E-state index in [0.29, 0.717) is 17.3 Å². The molecule has 0 N–H and O–H groups in total. The lowest BCUT2D eigenvalue weighted by Crippen LogP contribution is -1.92. The van der Waals surface area contributed by atoms with Gasteiger partial charge in [0.2, 0.25) is 11.8 Å². The lowest BCUT2D eigenvalue weighted by molar-refractivity contribution is 0.364. The molecule has 0 atom stereocenters. The molecule has 58 valence electrons. The summed E-state index contributed by atoms with van der Waals surface area (Å²) in [6.45, 7) is 5.51. The van der Waals surface area contributed by atoms with Gasteiger partial charge in [-0.25, -0.2) is 0 Å². The first kappa shape index (κ1) is 7.85. The number of rotatable bonds is 2. The highest BCUT2D eigenvalue weighted by atomic mass is 16.5. The molecule has 0 aliphatic carbocycles. The Balaban J connectivity index is 3.02. The zero-order valence-corrected chi connectivity index (χ0v) is 6.50. The fourth-order valence-corrected chi connectivity index (χ4v) is 0.709. The molecule has 11 heavy (non-hydrogen) atoms. The first-order chi connectivity index (χ1) is 5.26. The van der Waals surface area contributed by atoms with E-state index in [1.165, 1.54) is 14.2 Å². The fraction of sp³-hybridized carbons (Fsp3) is 0.250. The summed E-state index contributed by atoms with van der Waals surface area (Å²) in [5.41, 5.74) is 0.578. The molecule has 0 spiro atoms. The van der Waals surface area contributed by atoms with Crippen LogP contribution in [0.1, 0.15) is 5.56 Å². The van der Waals surface area contributed by atoms with Crippen LogP contribution in [0.15, 0.2) is 12.1 Å². The van der Waals surface area contributed by atoms with Gasteiger partial charge in [0, 0.05) is 12.1 Å². The molecule has 1 aromatic rings. The predicted octanol–water partition coefficient (Wildman–Crippen LogP) is 1.16. The van der Waals surface area contributed by atoms with Crippen LogP contribution in [-0.2, 0) is 0 Å². The van der Waals surface area contributed by atoms with Crippen LogP contribution < -0.4 is 9.47 Å². The molecule has 1 heterocycles. The predicted molar refractivity (Wildman–Crippen MR) is 40.7 cm³/mol. The van der Waals surface area contributed by atoms with Gasteiger partial charge in [0.25, 0.3) is 0 Å². The zero-order valence-electron chi connectivity index (χ0n) is 6.50. The number of methoxy groups -OCH3 is 2. The van der Waals surface area contributed by atoms with Crippen LogP contribution in [0, 0.1) is 6.92 Å². The summed E-state index contributed by atoms with van der Waals surface area (Å²) in [5, 5.41) is 0. The second-order valence-corrected chi connectivity index (χ2v) is 1.99. The first-order valence-electron chi connectivity index (χ1n) is 3.12. The van der Waals surface area contributed by atoms with Gasteiger partial charge < -0.3 is 9.47 Å². The molecule has 3 heteroatoms. The summed E-state index contributed by atoms with van der Waals surface area (Å²) in [6, 6.07) is 3.26. The van der Waals surface area contributed by atoms with Crippen molar-refractivity contribution in [3.63, 3.8) is 0 Å². The van der Waals surface area contributed by atoms with E-state index in [0.717, 1.165) is 0 Å². The van der Waals surface area contributed by atoms with Gasteiger partial charge in [-0.1, -0.05) is 0 Å². The third-order valence-electron chi connectivity index (χ3n) is 1.22. The summed E-state index contributed by atoms with van der Waals surface area (Å²) in [4.78, 5) is 3.95. The van der Waals surface area contributed by atoms with Gasteiger partial charge in [0.05, 0.1) is 14.2 Å². The van der Waals surface area contributed by atoms with Crippen LogP contribution in [0.25, 0.3) is 0 Å². The Bertz CT molecular complexity index is 226. The van der Waals surface area contributed by atoms with Crippen molar-refractivity contribution >= 4 is 0 Å². The molecular weight excluding hydrogens is 142 g/mol. The van der Waals surface area contributed by atoms with Crippen molar-refractivity contribution in [3.05, 3.63) is 24.6 Å². The molecule has 0 amide bonds. The first-order valence-corrected chi connectivity index (χ1v) is 3.12. The molecule has 1 rings (SSSR count). The van der Waals surface area contributed by atoms with E-state index in [1.807, 2.05) is 0 Å². The molecule has 3 nitrogen and oxygen atoms in total. The highest BCUT2D eigenvalue weighted by Crippen LogP contribution is 2.15. The van der Waals surface area contributed by atoms with E-state index in [-0.39, 0.29) is 0 Å². The monoisotopic (exact) mass is 151 g/mol. The molecule has 2 radical (unpaired) electrons. The number of hydrogen-bond donors (Lipinski definition) is 0. The van der Waals surface area contributed by atoms with Gasteiger partial charge in [-0.2, -0.15) is 4.98 Å². The lowest BCUT2D eigenvalue weighted by Gasteiger charge is -2.02. The smallest absolute Gasteiger partial charge is 0.216 e. The summed E-state index contributed by atoms with van der Waals surface area (Å²) >= 11 is 0. The van der Waals surface area contributed by atoms with Crippen molar-refractivity contribution in [3.8, 4) is 11.8 Å². The normalized spacial score (nSPS) is 9.36. The Kier molecular flexibility index (Phi) is 2.31. The van der Waals surface area contributed by atoms with Crippen LogP contribution in [0.4, 0.5) is 0 Å². The van der Waals surface area contributed by atoms with Crippen LogP contribution in [0.2, 0.25) is 0 Å². The highest BCUT2D eigenvalue weighted by molar-refractivity contribution is 5.29. The Morgan fingerprint density at radius 2 is 1.64 bits per heavy atom. The van der Waals surface area contributed by atoms with Crippen molar-refractivity contribution in [1.82, 2.24) is 4.98 Å². The third kappa shape index (κ3) is 1.83. The topological polar surface area (TPSA) is 31.4 Å². The Labute approximate surface area is 66.0 Å². The van der Waals surface area contributed by atoms with Gasteiger partial charge in [-0.15, -0.1) is 0 Å². The third-order valence-corrected chi connectivity index (χ3v) is 1.22. The molecule has 0 unspecified atom stereocenters. The van der Waals surface area contributed by atoms with Crippen molar-refractivity contribution in [2.24, 2.45) is 0 Å². The quantitative estimate of drug-likeness (QED) is 0.635. The number of nitrogens with zero attached hydrogens (tertiary/aromatic N) is 1. The van der Waals surface area contributed by atoms with Crippen LogP contribution in [0.5, 0.6) is 11.8 Å². The van der Waals surface area contributed by atoms with Gasteiger partial charge in [0.1, 0.15) is 0 Å². The molecule has 0 fully saturated rings. The second kappa shape index (κ2) is 3.23. The number of hydrogen-bond acceptors (Lipinski definition) is 3. The minimum absolute atomic E-state index is 0.460. The minimum atomic E-state index is 0.460. The van der Waals surface area contributed by atoms with Gasteiger partial charge in [-0.05, 0) is 12.5 Å². The molecular formula is C8H9NO2. The molecule has 0 saturated carbocycles. The summed E-state index contributed by atoms with van der Waals surface area (Å²) < 4.78 is 9.73. The number of ether oxygens (including phenoxy) is 2. The van der Waals surface area contributed by atoms with Crippen LogP contribution in [-0.4, -0.2) is 19.2 Å². The fourth-order valence-electron chi connectivity index (χ4n) is 0.709. The van der Waals surface area contributed by atoms with E-state index < -0.39 is 0 Å². The van der Waals surface area contributed by atoms with E-state index in [2.05, 4.69) is 4.98 Å². The molecule has 0 aliphatic rings.